The molecule has 112 valence electrons. The van der Waals surface area contributed by atoms with Gasteiger partial charge >= 0.3 is 0 Å². The van der Waals surface area contributed by atoms with Crippen LogP contribution in [0.5, 0.6) is 0 Å². The smallest absolute Gasteiger partial charge is 0.0361 e. The van der Waals surface area contributed by atoms with Crippen molar-refractivity contribution in [1.29, 1.82) is 0 Å². The van der Waals surface area contributed by atoms with Crippen LogP contribution in [0, 0.1) is 0 Å². The van der Waals surface area contributed by atoms with Gasteiger partial charge in [-0.2, -0.15) is 0 Å². The molecule has 0 saturated carbocycles. The van der Waals surface area contributed by atoms with Gasteiger partial charge in [-0.25, -0.2) is 0 Å². The fraction of sp³-hybridized carbons (Fsp3) is 0.368. The van der Waals surface area contributed by atoms with Crippen molar-refractivity contribution in [3.63, 3.8) is 0 Å². The van der Waals surface area contributed by atoms with Crippen molar-refractivity contribution in [2.24, 2.45) is 0 Å². The van der Waals surface area contributed by atoms with Crippen LogP contribution in [0.25, 0.3) is 0 Å². The lowest BCUT2D eigenvalue weighted by Gasteiger charge is -2.16. The van der Waals surface area contributed by atoms with E-state index in [9.17, 15) is 0 Å². The molecule has 0 aliphatic rings. The quantitative estimate of drug-likeness (QED) is 0.855. The van der Waals surface area contributed by atoms with E-state index in [0.717, 1.165) is 13.0 Å². The van der Waals surface area contributed by atoms with E-state index in [1.165, 1.54) is 22.4 Å². The number of benzene rings is 2. The van der Waals surface area contributed by atoms with Crippen LogP contribution in [0.15, 0.2) is 48.5 Å². The molecule has 0 saturated heterocycles. The molecule has 1 atom stereocenters. The Morgan fingerprint density at radius 1 is 0.905 bits per heavy atom. The van der Waals surface area contributed by atoms with Crippen molar-refractivity contribution >= 4 is 5.69 Å². The van der Waals surface area contributed by atoms with Crippen molar-refractivity contribution in [3.05, 3.63) is 65.2 Å². The third-order valence-electron chi connectivity index (χ3n) is 3.95. The minimum atomic E-state index is 0.365. The maximum absolute atomic E-state index is 3.59. The molecule has 0 aromatic heterocycles. The van der Waals surface area contributed by atoms with Gasteiger partial charge in [0.05, 0.1) is 0 Å². The SMILES string of the molecule is CCc1ccc(C(C)NCc2ccc(N(C)C)cc2)cc1. The Kier molecular flexibility index (Phi) is 5.40. The van der Waals surface area contributed by atoms with E-state index in [-0.39, 0.29) is 0 Å². The van der Waals surface area contributed by atoms with Crippen LogP contribution in [-0.2, 0) is 13.0 Å². The first kappa shape index (κ1) is 15.6. The highest BCUT2D eigenvalue weighted by Gasteiger charge is 2.05. The van der Waals surface area contributed by atoms with Crippen LogP contribution < -0.4 is 10.2 Å². The molecule has 0 aliphatic carbocycles. The number of aryl methyl sites for hydroxylation is 1. The van der Waals surface area contributed by atoms with E-state index in [1.807, 2.05) is 0 Å². The summed E-state index contributed by atoms with van der Waals surface area (Å²) in [6.07, 6.45) is 1.10. The van der Waals surface area contributed by atoms with Gasteiger partial charge in [-0.05, 0) is 42.2 Å². The standard InChI is InChI=1S/C19H26N2/c1-5-16-6-10-18(11-7-16)15(2)20-14-17-8-12-19(13-9-17)21(3)4/h6-13,15,20H,5,14H2,1-4H3. The molecule has 1 unspecified atom stereocenters. The minimum absolute atomic E-state index is 0.365. The van der Waals surface area contributed by atoms with Gasteiger partial charge in [0.1, 0.15) is 0 Å². The highest BCUT2D eigenvalue weighted by atomic mass is 15.1. The van der Waals surface area contributed by atoms with E-state index < -0.39 is 0 Å². The van der Waals surface area contributed by atoms with Gasteiger partial charge < -0.3 is 10.2 Å². The first-order valence-corrected chi connectivity index (χ1v) is 7.68. The number of anilines is 1. The summed E-state index contributed by atoms with van der Waals surface area (Å²) >= 11 is 0. The molecule has 2 aromatic carbocycles. The fourth-order valence-corrected chi connectivity index (χ4v) is 2.34. The Hall–Kier alpha value is -1.80. The van der Waals surface area contributed by atoms with Gasteiger partial charge in [0.15, 0.2) is 0 Å². The Bertz CT molecular complexity index is 541. The largest absolute Gasteiger partial charge is 0.378 e. The highest BCUT2D eigenvalue weighted by Crippen LogP contribution is 2.16. The molecular formula is C19H26N2. The summed E-state index contributed by atoms with van der Waals surface area (Å²) in [7, 11) is 4.13. The van der Waals surface area contributed by atoms with Crippen LogP contribution in [0.2, 0.25) is 0 Å². The first-order chi connectivity index (χ1) is 10.1. The lowest BCUT2D eigenvalue weighted by Crippen LogP contribution is -2.18. The summed E-state index contributed by atoms with van der Waals surface area (Å²) in [6, 6.07) is 18.0. The van der Waals surface area contributed by atoms with Crippen LogP contribution in [0.1, 0.15) is 36.6 Å². The molecule has 1 N–H and O–H groups in total. The summed E-state index contributed by atoms with van der Waals surface area (Å²) in [5.41, 5.74) is 5.29. The van der Waals surface area contributed by atoms with Crippen molar-refractivity contribution in [3.8, 4) is 0 Å². The lowest BCUT2D eigenvalue weighted by molar-refractivity contribution is 0.574. The average molecular weight is 282 g/mol. The normalized spacial score (nSPS) is 12.2. The van der Waals surface area contributed by atoms with Gasteiger partial charge in [-0.15, -0.1) is 0 Å². The molecule has 2 heteroatoms. The molecule has 2 aromatic rings. The number of hydrogen-bond donors (Lipinski definition) is 1. The van der Waals surface area contributed by atoms with E-state index in [2.05, 4.69) is 86.7 Å². The zero-order valence-corrected chi connectivity index (χ0v) is 13.6. The van der Waals surface area contributed by atoms with Crippen LogP contribution in [0.4, 0.5) is 5.69 Å². The molecule has 0 fully saturated rings. The fourth-order valence-electron chi connectivity index (χ4n) is 2.34. The summed E-state index contributed by atoms with van der Waals surface area (Å²) in [6.45, 7) is 5.30. The predicted octanol–water partition coefficient (Wildman–Crippen LogP) is 4.17. The molecule has 2 rings (SSSR count). The van der Waals surface area contributed by atoms with Crippen molar-refractivity contribution in [2.75, 3.05) is 19.0 Å². The second-order valence-electron chi connectivity index (χ2n) is 5.76. The number of rotatable bonds is 6. The highest BCUT2D eigenvalue weighted by molar-refractivity contribution is 5.46. The van der Waals surface area contributed by atoms with Gasteiger partial charge in [-0.3, -0.25) is 0 Å². The Morgan fingerprint density at radius 3 is 2.00 bits per heavy atom. The molecule has 0 aliphatic heterocycles. The average Bonchev–Trinajstić information content (AvgIpc) is 2.53. The number of hydrogen-bond acceptors (Lipinski definition) is 2. The Labute approximate surface area is 128 Å². The molecule has 2 nitrogen and oxygen atoms in total. The van der Waals surface area contributed by atoms with Crippen molar-refractivity contribution in [1.82, 2.24) is 5.32 Å². The molecule has 21 heavy (non-hydrogen) atoms. The zero-order chi connectivity index (χ0) is 15.2. The topological polar surface area (TPSA) is 15.3 Å². The molecular weight excluding hydrogens is 256 g/mol. The lowest BCUT2D eigenvalue weighted by atomic mass is 10.0. The van der Waals surface area contributed by atoms with E-state index in [1.54, 1.807) is 0 Å². The molecule has 0 spiro atoms. The van der Waals surface area contributed by atoms with Crippen LogP contribution in [0.3, 0.4) is 0 Å². The molecule has 0 heterocycles. The first-order valence-electron chi connectivity index (χ1n) is 7.68. The summed E-state index contributed by atoms with van der Waals surface area (Å²) in [5.74, 6) is 0. The predicted molar refractivity (Wildman–Crippen MR) is 91.8 cm³/mol. The second-order valence-corrected chi connectivity index (χ2v) is 5.76. The van der Waals surface area contributed by atoms with Gasteiger partial charge in [-0.1, -0.05) is 43.3 Å². The molecule has 0 bridgehead atoms. The summed E-state index contributed by atoms with van der Waals surface area (Å²) < 4.78 is 0. The Morgan fingerprint density at radius 2 is 1.48 bits per heavy atom. The third kappa shape index (κ3) is 4.33. The van der Waals surface area contributed by atoms with Gasteiger partial charge in [0, 0.05) is 32.4 Å². The van der Waals surface area contributed by atoms with Crippen molar-refractivity contribution in [2.45, 2.75) is 32.9 Å². The van der Waals surface area contributed by atoms with E-state index >= 15 is 0 Å². The summed E-state index contributed by atoms with van der Waals surface area (Å²) in [4.78, 5) is 2.12. The van der Waals surface area contributed by atoms with Gasteiger partial charge in [0.25, 0.3) is 0 Å². The minimum Gasteiger partial charge on any atom is -0.378 e. The maximum atomic E-state index is 3.59. The monoisotopic (exact) mass is 282 g/mol. The second kappa shape index (κ2) is 7.28. The molecule has 0 radical (unpaired) electrons. The van der Waals surface area contributed by atoms with Crippen molar-refractivity contribution < 1.29 is 0 Å². The van der Waals surface area contributed by atoms with Crippen LogP contribution in [-0.4, -0.2) is 14.1 Å². The number of nitrogens with zero attached hydrogens (tertiary/aromatic N) is 1. The zero-order valence-electron chi connectivity index (χ0n) is 13.6. The van der Waals surface area contributed by atoms with E-state index in [4.69, 9.17) is 0 Å². The van der Waals surface area contributed by atoms with Crippen LogP contribution >= 0.6 is 0 Å². The maximum Gasteiger partial charge on any atom is 0.0361 e. The third-order valence-corrected chi connectivity index (χ3v) is 3.95. The van der Waals surface area contributed by atoms with Gasteiger partial charge in [0.2, 0.25) is 0 Å². The Balaban J connectivity index is 1.92. The number of nitrogens with one attached hydrogen (secondary N) is 1. The summed E-state index contributed by atoms with van der Waals surface area (Å²) in [5, 5.41) is 3.59. The van der Waals surface area contributed by atoms with E-state index in [0.29, 0.717) is 6.04 Å². The molecule has 0 amide bonds.